The average Bonchev–Trinajstić information content (AvgIpc) is 3.24. The van der Waals surface area contributed by atoms with E-state index in [0.29, 0.717) is 19.3 Å². The summed E-state index contributed by atoms with van der Waals surface area (Å²) in [5, 5.41) is 0. The number of esters is 3. The van der Waals surface area contributed by atoms with E-state index >= 15 is 0 Å². The van der Waals surface area contributed by atoms with Gasteiger partial charge in [-0.15, -0.1) is 0 Å². The summed E-state index contributed by atoms with van der Waals surface area (Å²) in [5.41, 5.74) is 0. The van der Waals surface area contributed by atoms with Crippen LogP contribution in [0.3, 0.4) is 0 Å². The molecule has 0 aliphatic rings. The van der Waals surface area contributed by atoms with Gasteiger partial charge in [0.1, 0.15) is 13.2 Å². The molecule has 0 aliphatic heterocycles. The van der Waals surface area contributed by atoms with Crippen molar-refractivity contribution in [2.75, 3.05) is 13.2 Å². The van der Waals surface area contributed by atoms with Crippen molar-refractivity contribution in [3.8, 4) is 0 Å². The summed E-state index contributed by atoms with van der Waals surface area (Å²) in [5.74, 6) is -0.0825. The van der Waals surface area contributed by atoms with Crippen molar-refractivity contribution in [2.24, 2.45) is 5.92 Å². The van der Waals surface area contributed by atoms with Crippen LogP contribution >= 0.6 is 0 Å². The van der Waals surface area contributed by atoms with Gasteiger partial charge in [-0.3, -0.25) is 14.4 Å². The van der Waals surface area contributed by atoms with Crippen LogP contribution in [-0.2, 0) is 28.6 Å². The maximum Gasteiger partial charge on any atom is 0.306 e. The molecule has 362 valence electrons. The number of rotatable bonds is 50. The standard InChI is InChI=1S/C55H106O6/c1-5-7-9-11-13-15-17-19-21-23-24-26-28-30-32-34-40-44-48-55(58)61-52(50-60-54(57)47-43-39-36-35-37-41-45-51(3)4)49-59-53(56)46-42-38-33-31-29-27-25-22-20-18-16-14-12-10-8-6-2/h51-52H,5-50H2,1-4H3/t52-/m0/s1. The number of carbonyl (C=O) groups excluding carboxylic acids is 3. The number of hydrogen-bond acceptors (Lipinski definition) is 6. The molecule has 0 bridgehead atoms. The smallest absolute Gasteiger partial charge is 0.306 e. The van der Waals surface area contributed by atoms with Gasteiger partial charge in [0, 0.05) is 19.3 Å². The summed E-state index contributed by atoms with van der Waals surface area (Å²) in [6.45, 7) is 8.97. The van der Waals surface area contributed by atoms with E-state index in [-0.39, 0.29) is 31.1 Å². The maximum absolute atomic E-state index is 12.8. The molecule has 0 heterocycles. The second kappa shape index (κ2) is 49.4. The van der Waals surface area contributed by atoms with Crippen molar-refractivity contribution < 1.29 is 28.6 Å². The topological polar surface area (TPSA) is 78.9 Å². The Morgan fingerprint density at radius 1 is 0.311 bits per heavy atom. The van der Waals surface area contributed by atoms with Crippen molar-refractivity contribution in [1.82, 2.24) is 0 Å². The second-order valence-corrected chi connectivity index (χ2v) is 19.3. The molecule has 0 aromatic rings. The molecule has 6 nitrogen and oxygen atoms in total. The first-order valence-corrected chi connectivity index (χ1v) is 27.4. The van der Waals surface area contributed by atoms with Gasteiger partial charge in [-0.1, -0.05) is 272 Å². The zero-order valence-corrected chi connectivity index (χ0v) is 41.6. The van der Waals surface area contributed by atoms with Crippen molar-refractivity contribution in [3.63, 3.8) is 0 Å². The molecule has 0 aromatic carbocycles. The number of ether oxygens (including phenoxy) is 3. The van der Waals surface area contributed by atoms with Crippen LogP contribution < -0.4 is 0 Å². The number of hydrogen-bond donors (Lipinski definition) is 0. The lowest BCUT2D eigenvalue weighted by atomic mass is 10.0. The Morgan fingerprint density at radius 3 is 0.803 bits per heavy atom. The lowest BCUT2D eigenvalue weighted by molar-refractivity contribution is -0.167. The van der Waals surface area contributed by atoms with Crippen LogP contribution in [0.2, 0.25) is 0 Å². The van der Waals surface area contributed by atoms with Crippen LogP contribution in [0.5, 0.6) is 0 Å². The van der Waals surface area contributed by atoms with E-state index in [2.05, 4.69) is 27.7 Å². The molecular formula is C55H106O6. The highest BCUT2D eigenvalue weighted by Gasteiger charge is 2.19. The summed E-state index contributed by atoms with van der Waals surface area (Å²) < 4.78 is 16.8. The molecule has 0 radical (unpaired) electrons. The highest BCUT2D eigenvalue weighted by Crippen LogP contribution is 2.17. The average molecular weight is 863 g/mol. The fourth-order valence-electron chi connectivity index (χ4n) is 8.39. The van der Waals surface area contributed by atoms with Gasteiger partial charge >= 0.3 is 17.9 Å². The molecular weight excluding hydrogens is 757 g/mol. The van der Waals surface area contributed by atoms with E-state index in [1.165, 1.54) is 205 Å². The molecule has 0 aromatic heterocycles. The molecule has 0 rings (SSSR count). The second-order valence-electron chi connectivity index (χ2n) is 19.3. The molecule has 0 unspecified atom stereocenters. The lowest BCUT2D eigenvalue weighted by Crippen LogP contribution is -2.30. The van der Waals surface area contributed by atoms with Gasteiger partial charge in [-0.2, -0.15) is 0 Å². The van der Waals surface area contributed by atoms with Crippen molar-refractivity contribution in [3.05, 3.63) is 0 Å². The van der Waals surface area contributed by atoms with Crippen molar-refractivity contribution in [2.45, 2.75) is 316 Å². The minimum atomic E-state index is -0.761. The Hall–Kier alpha value is -1.59. The molecule has 0 fully saturated rings. The van der Waals surface area contributed by atoms with Gasteiger partial charge in [0.05, 0.1) is 0 Å². The van der Waals surface area contributed by atoms with Gasteiger partial charge in [0.25, 0.3) is 0 Å². The summed E-state index contributed by atoms with van der Waals surface area (Å²) in [7, 11) is 0. The Kier molecular flexibility index (Phi) is 48.1. The predicted molar refractivity (Wildman–Crippen MR) is 261 cm³/mol. The lowest BCUT2D eigenvalue weighted by Gasteiger charge is -2.18. The molecule has 0 aliphatic carbocycles. The fraction of sp³-hybridized carbons (Fsp3) is 0.945. The predicted octanol–water partition coefficient (Wildman–Crippen LogP) is 17.8. The minimum absolute atomic E-state index is 0.0633. The largest absolute Gasteiger partial charge is 0.462 e. The Balaban J connectivity index is 4.23. The summed E-state index contributed by atoms with van der Waals surface area (Å²) >= 11 is 0. The minimum Gasteiger partial charge on any atom is -0.462 e. The zero-order valence-electron chi connectivity index (χ0n) is 41.6. The molecule has 0 amide bonds. The van der Waals surface area contributed by atoms with E-state index in [4.69, 9.17) is 14.2 Å². The summed E-state index contributed by atoms with van der Waals surface area (Å²) in [6, 6.07) is 0. The highest BCUT2D eigenvalue weighted by molar-refractivity contribution is 5.71. The highest BCUT2D eigenvalue weighted by atomic mass is 16.6. The monoisotopic (exact) mass is 863 g/mol. The van der Waals surface area contributed by atoms with Crippen LogP contribution in [0, 0.1) is 5.92 Å². The SMILES string of the molecule is CCCCCCCCCCCCCCCCCCCCC(=O)O[C@@H](COC(=O)CCCCCCCCCCCCCCCCCC)COC(=O)CCCCCCCCC(C)C. The number of carbonyl (C=O) groups is 3. The van der Waals surface area contributed by atoms with Gasteiger partial charge in [0.2, 0.25) is 0 Å². The molecule has 61 heavy (non-hydrogen) atoms. The van der Waals surface area contributed by atoms with Gasteiger partial charge < -0.3 is 14.2 Å². The van der Waals surface area contributed by atoms with Crippen molar-refractivity contribution in [1.29, 1.82) is 0 Å². The maximum atomic E-state index is 12.8. The molecule has 0 spiro atoms. The van der Waals surface area contributed by atoms with Crippen LogP contribution in [0.1, 0.15) is 310 Å². The van der Waals surface area contributed by atoms with E-state index in [9.17, 15) is 14.4 Å². The first-order valence-electron chi connectivity index (χ1n) is 27.4. The van der Waals surface area contributed by atoms with E-state index in [1.807, 2.05) is 0 Å². The van der Waals surface area contributed by atoms with Crippen LogP contribution in [0.15, 0.2) is 0 Å². The van der Waals surface area contributed by atoms with Crippen molar-refractivity contribution >= 4 is 17.9 Å². The molecule has 0 saturated carbocycles. The summed E-state index contributed by atoms with van der Waals surface area (Å²) in [4.78, 5) is 38.0. The quantitative estimate of drug-likeness (QED) is 0.0344. The first-order chi connectivity index (χ1) is 29.9. The molecule has 1 atom stereocenters. The molecule has 0 saturated heterocycles. The summed E-state index contributed by atoms with van der Waals surface area (Å²) in [6.07, 6.45) is 52.5. The van der Waals surface area contributed by atoms with E-state index in [1.54, 1.807) is 0 Å². The van der Waals surface area contributed by atoms with Gasteiger partial charge in [-0.05, 0) is 25.2 Å². The third-order valence-corrected chi connectivity index (χ3v) is 12.5. The Labute approximate surface area is 380 Å². The molecule has 6 heteroatoms. The van der Waals surface area contributed by atoms with Crippen LogP contribution in [0.25, 0.3) is 0 Å². The zero-order chi connectivity index (χ0) is 44.5. The van der Waals surface area contributed by atoms with Crippen LogP contribution in [-0.4, -0.2) is 37.2 Å². The number of unbranched alkanes of at least 4 members (excludes halogenated alkanes) is 37. The third-order valence-electron chi connectivity index (χ3n) is 12.5. The Bertz CT molecular complexity index is 918. The third kappa shape index (κ3) is 49.3. The van der Waals surface area contributed by atoms with E-state index < -0.39 is 6.10 Å². The molecule has 0 N–H and O–H groups in total. The normalized spacial score (nSPS) is 12.0. The van der Waals surface area contributed by atoms with Gasteiger partial charge in [-0.25, -0.2) is 0 Å². The Morgan fingerprint density at radius 2 is 0.541 bits per heavy atom. The first kappa shape index (κ1) is 59.4. The fourth-order valence-corrected chi connectivity index (χ4v) is 8.39. The van der Waals surface area contributed by atoms with Crippen LogP contribution in [0.4, 0.5) is 0 Å². The van der Waals surface area contributed by atoms with Gasteiger partial charge in [0.15, 0.2) is 6.10 Å². The van der Waals surface area contributed by atoms with E-state index in [0.717, 1.165) is 63.7 Å².